The first-order valence-corrected chi connectivity index (χ1v) is 9.77. The summed E-state index contributed by atoms with van der Waals surface area (Å²) in [7, 11) is -3.62. The number of benzene rings is 1. The van der Waals surface area contributed by atoms with Crippen LogP contribution in [0.1, 0.15) is 24.2 Å². The molecule has 26 heavy (non-hydrogen) atoms. The van der Waals surface area contributed by atoms with Gasteiger partial charge in [0.1, 0.15) is 0 Å². The second kappa shape index (κ2) is 7.53. The Kier molecular flexibility index (Phi) is 5.36. The molecule has 8 heteroatoms. The van der Waals surface area contributed by atoms with Crippen molar-refractivity contribution in [2.45, 2.75) is 31.0 Å². The summed E-state index contributed by atoms with van der Waals surface area (Å²) in [5.74, 6) is -0.311. The van der Waals surface area contributed by atoms with E-state index in [0.717, 1.165) is 0 Å². The molecule has 0 aliphatic carbocycles. The van der Waals surface area contributed by atoms with E-state index in [1.807, 2.05) is 13.8 Å². The van der Waals surface area contributed by atoms with Crippen molar-refractivity contribution in [1.82, 2.24) is 9.29 Å². The summed E-state index contributed by atoms with van der Waals surface area (Å²) in [4.78, 5) is 16.3. The summed E-state index contributed by atoms with van der Waals surface area (Å²) in [6.07, 6.45) is 2.85. The molecule has 1 aromatic carbocycles. The topological polar surface area (TPSA) is 88.6 Å². The highest BCUT2D eigenvalue weighted by Gasteiger charge is 2.32. The van der Waals surface area contributed by atoms with Crippen LogP contribution in [-0.4, -0.2) is 48.9 Å². The average Bonchev–Trinajstić information content (AvgIpc) is 2.62. The van der Waals surface area contributed by atoms with Crippen molar-refractivity contribution in [2.24, 2.45) is 0 Å². The number of hydrogen-bond acceptors (Lipinski definition) is 5. The van der Waals surface area contributed by atoms with Crippen LogP contribution in [-0.2, 0) is 14.8 Å². The molecular weight excluding hydrogens is 354 g/mol. The molecule has 3 rings (SSSR count). The van der Waals surface area contributed by atoms with E-state index in [-0.39, 0.29) is 23.0 Å². The average molecular weight is 375 g/mol. The molecule has 1 aliphatic heterocycles. The van der Waals surface area contributed by atoms with Crippen LogP contribution < -0.4 is 5.32 Å². The zero-order valence-electron chi connectivity index (χ0n) is 14.6. The van der Waals surface area contributed by atoms with Gasteiger partial charge in [0.25, 0.3) is 5.91 Å². The van der Waals surface area contributed by atoms with Crippen molar-refractivity contribution in [3.63, 3.8) is 0 Å². The fourth-order valence-corrected chi connectivity index (χ4v) is 4.48. The van der Waals surface area contributed by atoms with Gasteiger partial charge in [0, 0.05) is 36.7 Å². The number of pyridine rings is 1. The van der Waals surface area contributed by atoms with Crippen molar-refractivity contribution in [3.05, 3.63) is 54.4 Å². The van der Waals surface area contributed by atoms with E-state index in [4.69, 9.17) is 4.74 Å². The maximum atomic E-state index is 12.8. The lowest BCUT2D eigenvalue weighted by Crippen LogP contribution is -2.48. The van der Waals surface area contributed by atoms with Gasteiger partial charge in [-0.1, -0.05) is 0 Å². The molecule has 2 aromatic rings. The molecule has 0 bridgehead atoms. The van der Waals surface area contributed by atoms with Crippen LogP contribution in [0.3, 0.4) is 0 Å². The summed E-state index contributed by atoms with van der Waals surface area (Å²) < 4.78 is 32.6. The predicted molar refractivity (Wildman–Crippen MR) is 97.4 cm³/mol. The molecule has 1 saturated heterocycles. The Hall–Kier alpha value is -2.29. The summed E-state index contributed by atoms with van der Waals surface area (Å²) >= 11 is 0. The lowest BCUT2D eigenvalue weighted by Gasteiger charge is -2.34. The number of amides is 1. The van der Waals surface area contributed by atoms with Gasteiger partial charge in [0.2, 0.25) is 10.0 Å². The zero-order valence-corrected chi connectivity index (χ0v) is 15.4. The van der Waals surface area contributed by atoms with Crippen molar-refractivity contribution >= 4 is 21.6 Å². The molecule has 1 aromatic heterocycles. The number of aromatic nitrogens is 1. The quantitative estimate of drug-likeness (QED) is 0.884. The van der Waals surface area contributed by atoms with Crippen LogP contribution in [0.15, 0.2) is 53.7 Å². The Morgan fingerprint density at radius 2 is 1.65 bits per heavy atom. The number of carbonyl (C=O) groups excluding carboxylic acids is 1. The molecule has 2 atom stereocenters. The van der Waals surface area contributed by atoms with E-state index in [0.29, 0.717) is 24.3 Å². The predicted octanol–water partition coefficient (Wildman–Crippen LogP) is 2.13. The molecule has 1 fully saturated rings. The van der Waals surface area contributed by atoms with E-state index in [1.165, 1.54) is 28.6 Å². The first-order valence-electron chi connectivity index (χ1n) is 8.33. The number of rotatable bonds is 4. The van der Waals surface area contributed by atoms with Crippen molar-refractivity contribution in [2.75, 3.05) is 18.4 Å². The molecule has 1 amide bonds. The van der Waals surface area contributed by atoms with Crippen LogP contribution in [0, 0.1) is 0 Å². The Bertz CT molecular complexity index is 859. The molecule has 7 nitrogen and oxygen atoms in total. The van der Waals surface area contributed by atoms with Crippen LogP contribution in [0.2, 0.25) is 0 Å². The lowest BCUT2D eigenvalue weighted by atomic mass is 10.2. The summed E-state index contributed by atoms with van der Waals surface area (Å²) in [6, 6.07) is 9.30. The van der Waals surface area contributed by atoms with Gasteiger partial charge in [-0.15, -0.1) is 0 Å². The monoisotopic (exact) mass is 375 g/mol. The van der Waals surface area contributed by atoms with E-state index < -0.39 is 10.0 Å². The summed E-state index contributed by atoms with van der Waals surface area (Å²) in [5.41, 5.74) is 1.00. The maximum Gasteiger partial charge on any atom is 0.255 e. The maximum absolute atomic E-state index is 12.8. The number of nitrogens with zero attached hydrogens (tertiary/aromatic N) is 2. The molecule has 2 heterocycles. The van der Waals surface area contributed by atoms with E-state index >= 15 is 0 Å². The number of carbonyl (C=O) groups is 1. The highest BCUT2D eigenvalue weighted by Crippen LogP contribution is 2.21. The van der Waals surface area contributed by atoms with Crippen LogP contribution in [0.5, 0.6) is 0 Å². The number of hydrogen-bond donors (Lipinski definition) is 1. The SMILES string of the molecule is CC1CN(S(=O)(=O)c2ccc(C(=O)Nc3ccncc3)cc2)CC(C)O1. The van der Waals surface area contributed by atoms with Crippen molar-refractivity contribution in [3.8, 4) is 0 Å². The normalized spacial score (nSPS) is 21.3. The van der Waals surface area contributed by atoms with Gasteiger partial charge in [0.15, 0.2) is 0 Å². The van der Waals surface area contributed by atoms with Gasteiger partial charge < -0.3 is 10.1 Å². The van der Waals surface area contributed by atoms with E-state index in [1.54, 1.807) is 24.5 Å². The molecule has 0 spiro atoms. The largest absolute Gasteiger partial charge is 0.373 e. The first kappa shape index (κ1) is 18.5. The van der Waals surface area contributed by atoms with Gasteiger partial charge >= 0.3 is 0 Å². The number of morpholine rings is 1. The smallest absolute Gasteiger partial charge is 0.255 e. The second-order valence-corrected chi connectivity index (χ2v) is 8.23. The number of sulfonamides is 1. The highest BCUT2D eigenvalue weighted by atomic mass is 32.2. The van der Waals surface area contributed by atoms with Crippen LogP contribution >= 0.6 is 0 Å². The van der Waals surface area contributed by atoms with Crippen LogP contribution in [0.4, 0.5) is 5.69 Å². The third-order valence-corrected chi connectivity index (χ3v) is 5.92. The van der Waals surface area contributed by atoms with Crippen molar-refractivity contribution < 1.29 is 17.9 Å². The highest BCUT2D eigenvalue weighted by molar-refractivity contribution is 7.89. The molecule has 1 N–H and O–H groups in total. The minimum Gasteiger partial charge on any atom is -0.373 e. The Labute approximate surface area is 153 Å². The molecule has 2 unspecified atom stereocenters. The first-order chi connectivity index (χ1) is 12.4. The Balaban J connectivity index is 1.75. The van der Waals surface area contributed by atoms with E-state index in [9.17, 15) is 13.2 Å². The standard InChI is InChI=1S/C18H21N3O4S/c1-13-11-21(12-14(2)25-13)26(23,24)17-5-3-15(4-6-17)18(22)20-16-7-9-19-10-8-16/h3-10,13-14H,11-12H2,1-2H3,(H,19,20,22). The Morgan fingerprint density at radius 3 is 2.23 bits per heavy atom. The molecule has 1 aliphatic rings. The fraction of sp³-hybridized carbons (Fsp3) is 0.333. The van der Waals surface area contributed by atoms with Crippen LogP contribution in [0.25, 0.3) is 0 Å². The Morgan fingerprint density at radius 1 is 1.08 bits per heavy atom. The van der Waals surface area contributed by atoms with Gasteiger partial charge in [0.05, 0.1) is 17.1 Å². The van der Waals surface area contributed by atoms with Gasteiger partial charge in [-0.25, -0.2) is 8.42 Å². The summed E-state index contributed by atoms with van der Waals surface area (Å²) in [5, 5.41) is 2.74. The molecule has 0 radical (unpaired) electrons. The van der Waals surface area contributed by atoms with Gasteiger partial charge in [-0.2, -0.15) is 4.31 Å². The number of anilines is 1. The van der Waals surface area contributed by atoms with Gasteiger partial charge in [-0.05, 0) is 50.2 Å². The number of nitrogens with one attached hydrogen (secondary N) is 1. The zero-order chi connectivity index (χ0) is 18.7. The minimum absolute atomic E-state index is 0.154. The third kappa shape index (κ3) is 4.09. The number of ether oxygens (including phenoxy) is 1. The molecule has 0 saturated carbocycles. The second-order valence-electron chi connectivity index (χ2n) is 6.29. The summed E-state index contributed by atoms with van der Waals surface area (Å²) in [6.45, 7) is 4.34. The van der Waals surface area contributed by atoms with E-state index in [2.05, 4.69) is 10.3 Å². The molecule has 138 valence electrons. The molecular formula is C18H21N3O4S. The van der Waals surface area contributed by atoms with Gasteiger partial charge in [-0.3, -0.25) is 9.78 Å². The minimum atomic E-state index is -3.62. The fourth-order valence-electron chi connectivity index (χ4n) is 2.89. The van der Waals surface area contributed by atoms with Crippen molar-refractivity contribution in [1.29, 1.82) is 0 Å². The lowest BCUT2D eigenvalue weighted by molar-refractivity contribution is -0.0440. The third-order valence-electron chi connectivity index (χ3n) is 4.08.